The maximum atomic E-state index is 13.8. The quantitative estimate of drug-likeness (QED) is 0.102. The summed E-state index contributed by atoms with van der Waals surface area (Å²) in [5.41, 5.74) is -6.75. The summed E-state index contributed by atoms with van der Waals surface area (Å²) < 4.78 is 34.0. The van der Waals surface area contributed by atoms with Gasteiger partial charge in [-0.1, -0.05) is 13.8 Å². The molecule has 16 atom stereocenters. The Balaban J connectivity index is 1.47. The van der Waals surface area contributed by atoms with Crippen LogP contribution in [0.3, 0.4) is 0 Å². The summed E-state index contributed by atoms with van der Waals surface area (Å²) in [5, 5.41) is 74.9. The van der Waals surface area contributed by atoms with Gasteiger partial charge in [-0.15, -0.1) is 0 Å². The Hall–Kier alpha value is -2.74. The van der Waals surface area contributed by atoms with Crippen molar-refractivity contribution in [3.63, 3.8) is 0 Å². The van der Waals surface area contributed by atoms with Gasteiger partial charge < -0.3 is 64.2 Å². The summed E-state index contributed by atoms with van der Waals surface area (Å²) in [5.74, 6) is -8.25. The van der Waals surface area contributed by atoms with Gasteiger partial charge in [0.15, 0.2) is 11.5 Å². The Morgan fingerprint density at radius 2 is 1.71 bits per heavy atom. The highest BCUT2D eigenvalue weighted by atomic mass is 16.7. The van der Waals surface area contributed by atoms with Gasteiger partial charge in [-0.2, -0.15) is 0 Å². The lowest BCUT2D eigenvalue weighted by Crippen LogP contribution is -2.79. The number of rotatable bonds is 7. The lowest BCUT2D eigenvalue weighted by molar-refractivity contribution is -0.296. The van der Waals surface area contributed by atoms with Crippen molar-refractivity contribution in [2.45, 2.75) is 107 Å². The van der Waals surface area contributed by atoms with Crippen LogP contribution in [0, 0.1) is 34.5 Å². The number of hydrogen-bond donors (Lipinski definition) is 7. The molecule has 1 spiro atoms. The van der Waals surface area contributed by atoms with E-state index >= 15 is 0 Å². The standard InChI is InChI=1S/C32H44O17/c1-11-12-6-15-31-10-45-32(28(42)44-5,24(31)22(26(41)48-15)49-16(34)8-29(2,3)43)25(40)21(39)23(31)30(12,4)7-13(17(11)35)46-27-20(38)19(37)18(36)14(9-33)47-27/h7,11-12,14-15,18-25,27,33,36-40,43H,6,8-10H2,1-5H3/t11-,12-,14-,15-,18-,19+,20-,21+,22-,23-,24-,25-,27-,30+,31+,32-/m0/s1. The molecule has 0 amide bonds. The van der Waals surface area contributed by atoms with Crippen LogP contribution in [-0.2, 0) is 47.6 Å². The number of Topliss-reactive ketones (excluding diaryl/α,β-unsaturated/α-hetero) is 1. The molecule has 274 valence electrons. The second kappa shape index (κ2) is 11.9. The van der Waals surface area contributed by atoms with Crippen LogP contribution in [0.4, 0.5) is 0 Å². The highest BCUT2D eigenvalue weighted by Crippen LogP contribution is 2.72. The molecular formula is C32H44O17. The third-order valence-electron chi connectivity index (χ3n) is 11.7. The molecule has 2 bridgehead atoms. The molecule has 3 saturated heterocycles. The minimum atomic E-state index is -2.39. The molecule has 0 aromatic rings. The lowest BCUT2D eigenvalue weighted by atomic mass is 9.38. The van der Waals surface area contributed by atoms with Crippen LogP contribution in [0.1, 0.15) is 40.5 Å². The number of carbonyl (C=O) groups excluding carboxylic acids is 4. The topological polar surface area (TPSA) is 265 Å². The second-order valence-electron chi connectivity index (χ2n) is 15.1. The third-order valence-corrected chi connectivity index (χ3v) is 11.7. The van der Waals surface area contributed by atoms with Gasteiger partial charge in [0.25, 0.3) is 0 Å². The summed E-state index contributed by atoms with van der Waals surface area (Å²) in [6.07, 6.45) is -14.2. The fourth-order valence-corrected chi connectivity index (χ4v) is 9.71. The minimum absolute atomic E-state index is 0.0136. The van der Waals surface area contributed by atoms with Crippen LogP contribution >= 0.6 is 0 Å². The molecule has 17 nitrogen and oxygen atoms in total. The number of ketones is 1. The number of hydrogen-bond acceptors (Lipinski definition) is 17. The molecule has 0 aromatic heterocycles. The van der Waals surface area contributed by atoms with Crippen molar-refractivity contribution in [3.8, 4) is 0 Å². The zero-order valence-corrected chi connectivity index (χ0v) is 27.6. The first-order chi connectivity index (χ1) is 22.8. The van der Waals surface area contributed by atoms with E-state index in [1.54, 1.807) is 13.8 Å². The van der Waals surface area contributed by atoms with Gasteiger partial charge >= 0.3 is 17.9 Å². The molecule has 6 aliphatic rings. The molecule has 6 rings (SSSR count). The predicted octanol–water partition coefficient (Wildman–Crippen LogP) is -3.17. The highest BCUT2D eigenvalue weighted by molar-refractivity contribution is 5.96. The first kappa shape index (κ1) is 36.1. The van der Waals surface area contributed by atoms with E-state index < -0.39 is 138 Å². The van der Waals surface area contributed by atoms with Crippen molar-refractivity contribution in [3.05, 3.63) is 11.8 Å². The molecule has 3 aliphatic heterocycles. The Kier molecular flexibility index (Phi) is 8.77. The van der Waals surface area contributed by atoms with Gasteiger partial charge in [-0.3, -0.25) is 9.59 Å². The SMILES string of the molecule is COC(=O)[C@@]12OC[C@@]34[C@H](C[C@H]5[C@H](C)C(=O)C(O[C@H]6O[C@@H](CO)[C@H](O)[C@@H](O)[C@@H]6O)=C[C@@]5(C)[C@@H]3[C@@H](O)[C@@H]1O)OC(=O)[C@@H](OC(=O)CC(C)(C)O)[C@H]24. The van der Waals surface area contributed by atoms with E-state index in [2.05, 4.69) is 0 Å². The molecule has 3 heterocycles. The van der Waals surface area contributed by atoms with Gasteiger partial charge in [-0.25, -0.2) is 9.59 Å². The van der Waals surface area contributed by atoms with Crippen molar-refractivity contribution < 1.29 is 83.3 Å². The molecular weight excluding hydrogens is 656 g/mol. The fraction of sp³-hybridized carbons (Fsp3) is 0.812. The number of methoxy groups -OCH3 is 1. The maximum Gasteiger partial charge on any atom is 0.348 e. The summed E-state index contributed by atoms with van der Waals surface area (Å²) >= 11 is 0. The van der Waals surface area contributed by atoms with Crippen LogP contribution in [0.5, 0.6) is 0 Å². The largest absolute Gasteiger partial charge is 0.467 e. The maximum absolute atomic E-state index is 13.8. The summed E-state index contributed by atoms with van der Waals surface area (Å²) in [6, 6.07) is 0. The fourth-order valence-electron chi connectivity index (χ4n) is 9.71. The molecule has 49 heavy (non-hydrogen) atoms. The molecule has 0 unspecified atom stereocenters. The third kappa shape index (κ3) is 4.99. The average Bonchev–Trinajstić information content (AvgIpc) is 3.33. The lowest BCUT2D eigenvalue weighted by Gasteiger charge is -2.67. The number of esters is 3. The van der Waals surface area contributed by atoms with E-state index in [9.17, 15) is 54.9 Å². The number of carbonyl (C=O) groups is 4. The number of allylic oxidation sites excluding steroid dienone is 2. The number of aliphatic hydroxyl groups is 7. The minimum Gasteiger partial charge on any atom is -0.467 e. The normalized spacial score (nSPS) is 48.8. The van der Waals surface area contributed by atoms with Crippen molar-refractivity contribution in [2.24, 2.45) is 34.5 Å². The van der Waals surface area contributed by atoms with E-state index in [-0.39, 0.29) is 18.8 Å². The van der Waals surface area contributed by atoms with E-state index in [0.29, 0.717) is 0 Å². The zero-order chi connectivity index (χ0) is 36.2. The van der Waals surface area contributed by atoms with Gasteiger partial charge in [-0.05, 0) is 37.7 Å². The Morgan fingerprint density at radius 1 is 1.04 bits per heavy atom. The number of fused-ring (bicyclic) bond motifs is 2. The van der Waals surface area contributed by atoms with Gasteiger partial charge in [0.1, 0.15) is 36.6 Å². The predicted molar refractivity (Wildman–Crippen MR) is 156 cm³/mol. The monoisotopic (exact) mass is 700 g/mol. The Morgan fingerprint density at radius 3 is 2.33 bits per heavy atom. The van der Waals surface area contributed by atoms with E-state index in [0.717, 1.165) is 7.11 Å². The van der Waals surface area contributed by atoms with E-state index in [1.807, 2.05) is 0 Å². The molecule has 0 radical (unpaired) electrons. The van der Waals surface area contributed by atoms with Crippen LogP contribution in [-0.4, -0.2) is 146 Å². The summed E-state index contributed by atoms with van der Waals surface area (Å²) in [7, 11) is 1.03. The van der Waals surface area contributed by atoms with Gasteiger partial charge in [0.2, 0.25) is 18.0 Å². The Labute approximate surface area is 280 Å². The van der Waals surface area contributed by atoms with Crippen LogP contribution < -0.4 is 0 Å². The summed E-state index contributed by atoms with van der Waals surface area (Å²) in [6.45, 7) is 4.87. The zero-order valence-electron chi connectivity index (χ0n) is 27.6. The molecule has 7 N–H and O–H groups in total. The number of aliphatic hydroxyl groups excluding tert-OH is 6. The van der Waals surface area contributed by atoms with Crippen molar-refractivity contribution in [1.82, 2.24) is 0 Å². The van der Waals surface area contributed by atoms with Crippen molar-refractivity contribution in [1.29, 1.82) is 0 Å². The van der Waals surface area contributed by atoms with E-state index in [4.69, 9.17) is 28.4 Å². The van der Waals surface area contributed by atoms with Gasteiger partial charge in [0, 0.05) is 17.3 Å². The van der Waals surface area contributed by atoms with Gasteiger partial charge in [0.05, 0.1) is 44.4 Å². The Bertz CT molecular complexity index is 1420. The second-order valence-corrected chi connectivity index (χ2v) is 15.1. The average molecular weight is 701 g/mol. The summed E-state index contributed by atoms with van der Waals surface area (Å²) in [4.78, 5) is 54.1. The molecule has 2 saturated carbocycles. The molecule has 3 aliphatic carbocycles. The highest BCUT2D eigenvalue weighted by Gasteiger charge is 2.85. The van der Waals surface area contributed by atoms with E-state index in [1.165, 1.54) is 19.9 Å². The first-order valence-electron chi connectivity index (χ1n) is 16.2. The molecule has 17 heteroatoms. The van der Waals surface area contributed by atoms with Crippen LogP contribution in [0.2, 0.25) is 0 Å². The van der Waals surface area contributed by atoms with Crippen LogP contribution in [0.25, 0.3) is 0 Å². The molecule has 0 aromatic carbocycles. The van der Waals surface area contributed by atoms with Crippen LogP contribution in [0.15, 0.2) is 11.8 Å². The smallest absolute Gasteiger partial charge is 0.348 e. The molecule has 5 fully saturated rings. The number of ether oxygens (including phenoxy) is 6. The van der Waals surface area contributed by atoms with Crippen molar-refractivity contribution in [2.75, 3.05) is 20.3 Å². The van der Waals surface area contributed by atoms with Crippen molar-refractivity contribution >= 4 is 23.7 Å². The first-order valence-corrected chi connectivity index (χ1v) is 16.2.